The highest BCUT2D eigenvalue weighted by Gasteiger charge is 2.28. The number of hydrogen-bond donors (Lipinski definition) is 1. The zero-order valence-electron chi connectivity index (χ0n) is 17.6. The average Bonchev–Trinajstić information content (AvgIpc) is 2.80. The first kappa shape index (κ1) is 22.3. The Balaban J connectivity index is 1.90. The third kappa shape index (κ3) is 5.41. The van der Waals surface area contributed by atoms with Gasteiger partial charge in [0.1, 0.15) is 5.84 Å². The van der Waals surface area contributed by atoms with Crippen LogP contribution in [0.4, 0.5) is 0 Å². The minimum absolute atomic E-state index is 0.0778. The molecule has 3 aromatic carbocycles. The maximum Gasteiger partial charge on any atom is 0.264 e. The molecule has 0 saturated heterocycles. The number of sulfonamides is 1. The fourth-order valence-corrected chi connectivity index (χ4v) is 4.82. The highest BCUT2D eigenvalue weighted by atomic mass is 32.2. The van der Waals surface area contributed by atoms with Crippen molar-refractivity contribution in [3.8, 4) is 0 Å². The van der Waals surface area contributed by atoms with Gasteiger partial charge in [0.25, 0.3) is 10.0 Å². The molecule has 0 saturated carbocycles. The minimum Gasteiger partial charge on any atom is -0.347 e. The summed E-state index contributed by atoms with van der Waals surface area (Å²) in [5.41, 5.74) is 2.22. The van der Waals surface area contributed by atoms with Gasteiger partial charge in [-0.15, -0.1) is 0 Å². The molecule has 3 aromatic rings. The first-order valence-corrected chi connectivity index (χ1v) is 11.6. The Morgan fingerprint density at radius 2 is 1.23 bits per heavy atom. The Morgan fingerprint density at radius 3 is 1.65 bits per heavy atom. The largest absolute Gasteiger partial charge is 0.347 e. The van der Waals surface area contributed by atoms with Crippen molar-refractivity contribution in [2.24, 2.45) is 0 Å². The molecule has 0 amide bonds. The average molecular weight is 434 g/mol. The topological polar surface area (TPSA) is 64.5 Å². The van der Waals surface area contributed by atoms with E-state index in [0.717, 1.165) is 11.1 Å². The van der Waals surface area contributed by atoms with Crippen molar-refractivity contribution in [2.75, 3.05) is 6.54 Å². The molecule has 1 N–H and O–H groups in total. The summed E-state index contributed by atoms with van der Waals surface area (Å²) in [4.78, 5) is 2.03. The quantitative estimate of drug-likeness (QED) is 0.386. The Morgan fingerprint density at radius 1 is 0.806 bits per heavy atom. The van der Waals surface area contributed by atoms with Crippen LogP contribution in [-0.2, 0) is 23.1 Å². The summed E-state index contributed by atoms with van der Waals surface area (Å²) in [5, 5.41) is 8.85. The molecule has 0 aliphatic carbocycles. The van der Waals surface area contributed by atoms with Gasteiger partial charge in [-0.05, 0) is 30.2 Å². The molecule has 0 unspecified atom stereocenters. The van der Waals surface area contributed by atoms with Crippen molar-refractivity contribution in [1.82, 2.24) is 9.21 Å². The lowest BCUT2D eigenvalue weighted by Crippen LogP contribution is -2.39. The molecular formula is C25H27N3O2S. The first-order valence-electron chi connectivity index (χ1n) is 10.1. The van der Waals surface area contributed by atoms with Crippen molar-refractivity contribution in [3.63, 3.8) is 0 Å². The maximum atomic E-state index is 13.2. The zero-order valence-corrected chi connectivity index (χ0v) is 18.4. The van der Waals surface area contributed by atoms with Crippen molar-refractivity contribution < 1.29 is 8.42 Å². The number of likely N-dealkylation sites (N-methyl/N-ethyl adjacent to an activating group) is 1. The summed E-state index contributed by atoms with van der Waals surface area (Å²) in [6, 6.07) is 27.9. The molecular weight excluding hydrogens is 406 g/mol. The number of nitrogens with one attached hydrogen (secondary N) is 1. The smallest absolute Gasteiger partial charge is 0.264 e. The van der Waals surface area contributed by atoms with E-state index in [1.54, 1.807) is 37.3 Å². The Hall–Kier alpha value is -3.38. The summed E-state index contributed by atoms with van der Waals surface area (Å²) >= 11 is 0. The van der Waals surface area contributed by atoms with Gasteiger partial charge in [0.05, 0.1) is 10.6 Å². The highest BCUT2D eigenvalue weighted by molar-refractivity contribution is 7.89. The van der Waals surface area contributed by atoms with Crippen LogP contribution in [0.2, 0.25) is 0 Å². The first-order chi connectivity index (χ1) is 14.9. The standard InChI is InChI=1S/C25H27N3O2S/c1-3-28(31(29,30)24-17-11-6-12-18-24)21(2)25(26)27(19-22-13-7-4-8-14-22)20-23-15-9-5-10-16-23/h4-18,26H,2-3,19-20H2,1H3. The summed E-state index contributed by atoms with van der Waals surface area (Å²) in [7, 11) is -3.81. The SMILES string of the molecule is C=C(C(=N)N(Cc1ccccc1)Cc1ccccc1)N(CC)S(=O)(=O)c1ccccc1. The third-order valence-corrected chi connectivity index (χ3v) is 6.87. The van der Waals surface area contributed by atoms with Crippen LogP contribution < -0.4 is 0 Å². The van der Waals surface area contributed by atoms with E-state index in [1.807, 2.05) is 65.6 Å². The molecule has 0 spiro atoms. The van der Waals surface area contributed by atoms with Crippen LogP contribution >= 0.6 is 0 Å². The predicted molar refractivity (Wildman–Crippen MR) is 125 cm³/mol. The lowest BCUT2D eigenvalue weighted by atomic mass is 10.1. The van der Waals surface area contributed by atoms with E-state index >= 15 is 0 Å². The van der Waals surface area contributed by atoms with Gasteiger partial charge in [-0.3, -0.25) is 9.71 Å². The monoisotopic (exact) mass is 433 g/mol. The second-order valence-corrected chi connectivity index (χ2v) is 8.97. The molecule has 0 aromatic heterocycles. The van der Waals surface area contributed by atoms with E-state index in [1.165, 1.54) is 4.31 Å². The summed E-state index contributed by atoms with van der Waals surface area (Å²) in [6.45, 7) is 6.87. The molecule has 0 fully saturated rings. The molecule has 3 rings (SSSR count). The van der Waals surface area contributed by atoms with Crippen LogP contribution in [0, 0.1) is 5.41 Å². The van der Waals surface area contributed by atoms with E-state index in [0.29, 0.717) is 13.1 Å². The normalized spacial score (nSPS) is 11.0. The molecule has 0 aliphatic heterocycles. The van der Waals surface area contributed by atoms with Crippen molar-refractivity contribution in [1.29, 1.82) is 5.41 Å². The second kappa shape index (κ2) is 10.1. The molecule has 160 valence electrons. The molecule has 6 heteroatoms. The number of nitrogens with zero attached hydrogens (tertiary/aromatic N) is 2. The second-order valence-electron chi connectivity index (χ2n) is 7.11. The van der Waals surface area contributed by atoms with Gasteiger partial charge >= 0.3 is 0 Å². The lowest BCUT2D eigenvalue weighted by Gasteiger charge is -2.31. The molecule has 0 bridgehead atoms. The molecule has 0 atom stereocenters. The number of hydrogen-bond acceptors (Lipinski definition) is 3. The summed E-state index contributed by atoms with van der Waals surface area (Å²) < 4.78 is 27.6. The minimum atomic E-state index is -3.81. The Labute approximate surface area is 184 Å². The maximum absolute atomic E-state index is 13.2. The van der Waals surface area contributed by atoms with E-state index in [9.17, 15) is 8.42 Å². The number of rotatable bonds is 9. The van der Waals surface area contributed by atoms with Crippen molar-refractivity contribution in [2.45, 2.75) is 24.9 Å². The van der Waals surface area contributed by atoms with Crippen LogP contribution in [0.1, 0.15) is 18.1 Å². The van der Waals surface area contributed by atoms with Gasteiger partial charge in [0.15, 0.2) is 0 Å². The zero-order chi connectivity index (χ0) is 22.3. The fourth-order valence-electron chi connectivity index (χ4n) is 3.35. The molecule has 0 radical (unpaired) electrons. The van der Waals surface area contributed by atoms with Gasteiger partial charge in [-0.25, -0.2) is 8.42 Å². The van der Waals surface area contributed by atoms with Crippen molar-refractivity contribution >= 4 is 15.9 Å². The van der Waals surface area contributed by atoms with Crippen LogP contribution in [0.3, 0.4) is 0 Å². The van der Waals surface area contributed by atoms with Crippen LogP contribution in [0.25, 0.3) is 0 Å². The van der Waals surface area contributed by atoms with E-state index in [4.69, 9.17) is 5.41 Å². The molecule has 0 aliphatic rings. The van der Waals surface area contributed by atoms with Crippen LogP contribution in [0.5, 0.6) is 0 Å². The van der Waals surface area contributed by atoms with E-state index < -0.39 is 10.0 Å². The highest BCUT2D eigenvalue weighted by Crippen LogP contribution is 2.22. The van der Waals surface area contributed by atoms with Crippen molar-refractivity contribution in [3.05, 3.63) is 114 Å². The van der Waals surface area contributed by atoms with E-state index in [-0.39, 0.29) is 23.0 Å². The molecule has 0 heterocycles. The number of benzene rings is 3. The molecule has 5 nitrogen and oxygen atoms in total. The molecule has 31 heavy (non-hydrogen) atoms. The van der Waals surface area contributed by atoms with Gasteiger partial charge < -0.3 is 4.90 Å². The van der Waals surface area contributed by atoms with E-state index in [2.05, 4.69) is 6.58 Å². The van der Waals surface area contributed by atoms with Crippen LogP contribution in [0.15, 0.2) is 108 Å². The third-order valence-electron chi connectivity index (χ3n) is 4.94. The Bertz CT molecular complexity index is 1070. The lowest BCUT2D eigenvalue weighted by molar-refractivity contribution is 0.393. The van der Waals surface area contributed by atoms with Gasteiger partial charge in [-0.2, -0.15) is 0 Å². The van der Waals surface area contributed by atoms with Crippen LogP contribution in [-0.4, -0.2) is 30.0 Å². The fraction of sp³-hybridized carbons (Fsp3) is 0.160. The van der Waals surface area contributed by atoms with Gasteiger partial charge in [0, 0.05) is 19.6 Å². The summed E-state index contributed by atoms with van der Waals surface area (Å²) in [6.07, 6.45) is 0. The summed E-state index contributed by atoms with van der Waals surface area (Å²) in [5.74, 6) is 0.0778. The van der Waals surface area contributed by atoms with Gasteiger partial charge in [0.2, 0.25) is 0 Å². The Kier molecular flexibility index (Phi) is 7.26. The predicted octanol–water partition coefficient (Wildman–Crippen LogP) is 4.89. The number of amidine groups is 1. The van der Waals surface area contributed by atoms with Gasteiger partial charge in [-0.1, -0.05) is 85.4 Å².